The van der Waals surface area contributed by atoms with Crippen LogP contribution >= 0.6 is 11.6 Å². The number of amides is 3. The molecule has 3 rings (SSSR count). The van der Waals surface area contributed by atoms with Crippen molar-refractivity contribution in [1.82, 2.24) is 10.6 Å². The second-order valence-corrected chi connectivity index (χ2v) is 10.1. The summed E-state index contributed by atoms with van der Waals surface area (Å²) in [6.45, 7) is -0.00846. The van der Waals surface area contributed by atoms with E-state index in [9.17, 15) is 19.2 Å². The predicted molar refractivity (Wildman–Crippen MR) is 148 cm³/mol. The highest BCUT2D eigenvalue weighted by Crippen LogP contribution is 2.27. The lowest BCUT2D eigenvalue weighted by Crippen LogP contribution is -2.52. The summed E-state index contributed by atoms with van der Waals surface area (Å²) in [6.07, 6.45) is 4.90. The molecule has 0 spiro atoms. The molecule has 0 bridgehead atoms. The van der Waals surface area contributed by atoms with Gasteiger partial charge in [-0.3, -0.25) is 9.59 Å². The number of alkyl carbamates (subject to hydrolysis) is 1. The van der Waals surface area contributed by atoms with Gasteiger partial charge in [-0.1, -0.05) is 74.0 Å². The maximum atomic E-state index is 13.3. The molecule has 9 nitrogen and oxygen atoms in total. The van der Waals surface area contributed by atoms with E-state index in [-0.39, 0.29) is 31.3 Å². The van der Waals surface area contributed by atoms with Gasteiger partial charge in [0, 0.05) is 17.1 Å². The molecular weight excluding hydrogens is 522 g/mol. The Morgan fingerprint density at radius 1 is 0.949 bits per heavy atom. The Morgan fingerprint density at radius 3 is 2.38 bits per heavy atom. The molecule has 39 heavy (non-hydrogen) atoms. The van der Waals surface area contributed by atoms with Crippen molar-refractivity contribution in [2.45, 2.75) is 70.1 Å². The normalized spacial score (nSPS) is 14.9. The zero-order chi connectivity index (χ0) is 28.0. The third-order valence-electron chi connectivity index (χ3n) is 6.68. The first-order chi connectivity index (χ1) is 18.8. The van der Waals surface area contributed by atoms with Gasteiger partial charge in [-0.15, -0.1) is 0 Å². The number of halogens is 1. The smallest absolute Gasteiger partial charge is 0.408 e. The number of benzene rings is 2. The van der Waals surface area contributed by atoms with Crippen molar-refractivity contribution in [3.8, 4) is 0 Å². The zero-order valence-electron chi connectivity index (χ0n) is 22.1. The summed E-state index contributed by atoms with van der Waals surface area (Å²) in [5, 5.41) is 8.63. The van der Waals surface area contributed by atoms with Crippen LogP contribution in [0, 0.1) is 5.92 Å². The Hall–Kier alpha value is -3.59. The third-order valence-corrected chi connectivity index (χ3v) is 6.92. The molecule has 1 saturated carbocycles. The molecule has 1 fully saturated rings. The van der Waals surface area contributed by atoms with E-state index in [0.29, 0.717) is 22.7 Å². The fourth-order valence-electron chi connectivity index (χ4n) is 4.63. The van der Waals surface area contributed by atoms with Crippen molar-refractivity contribution < 1.29 is 28.7 Å². The van der Waals surface area contributed by atoms with E-state index in [2.05, 4.69) is 16.0 Å². The van der Waals surface area contributed by atoms with Crippen LogP contribution in [0.25, 0.3) is 0 Å². The van der Waals surface area contributed by atoms with E-state index >= 15 is 0 Å². The van der Waals surface area contributed by atoms with Crippen molar-refractivity contribution >= 4 is 41.2 Å². The van der Waals surface area contributed by atoms with Crippen LogP contribution < -0.4 is 16.0 Å². The average molecular weight is 558 g/mol. The number of carbonyl (C=O) groups excluding carboxylic acids is 4. The van der Waals surface area contributed by atoms with Crippen molar-refractivity contribution in [2.24, 2.45) is 5.92 Å². The highest BCUT2D eigenvalue weighted by molar-refractivity contribution is 6.30. The molecule has 0 heterocycles. The van der Waals surface area contributed by atoms with Gasteiger partial charge < -0.3 is 25.4 Å². The van der Waals surface area contributed by atoms with Crippen LogP contribution in [0.2, 0.25) is 5.02 Å². The number of para-hydroxylation sites is 1. The number of nitrogens with one attached hydrogen (secondary N) is 3. The lowest BCUT2D eigenvalue weighted by Gasteiger charge is -2.27. The Kier molecular flexibility index (Phi) is 12.1. The van der Waals surface area contributed by atoms with Gasteiger partial charge in [0.1, 0.15) is 18.7 Å². The predicted octanol–water partition coefficient (Wildman–Crippen LogP) is 4.98. The highest BCUT2D eigenvalue weighted by Gasteiger charge is 2.30. The van der Waals surface area contributed by atoms with Crippen molar-refractivity contribution in [2.75, 3.05) is 12.4 Å². The molecule has 3 N–H and O–H groups in total. The Bertz CT molecular complexity index is 1110. The molecule has 0 aliphatic heterocycles. The number of anilines is 1. The largest absolute Gasteiger partial charge is 0.467 e. The summed E-state index contributed by atoms with van der Waals surface area (Å²) < 4.78 is 10.2. The Balaban J connectivity index is 1.61. The number of carbonyl (C=O) groups is 4. The fourth-order valence-corrected chi connectivity index (χ4v) is 4.84. The minimum atomic E-state index is -1.05. The average Bonchev–Trinajstić information content (AvgIpc) is 2.94. The summed E-state index contributed by atoms with van der Waals surface area (Å²) in [6, 6.07) is 13.9. The second-order valence-electron chi connectivity index (χ2n) is 9.68. The van der Waals surface area contributed by atoms with Crippen molar-refractivity contribution in [3.63, 3.8) is 0 Å². The second kappa shape index (κ2) is 15.7. The Labute approximate surface area is 234 Å². The standard InChI is InChI=1S/C29H36ClN3O6/c1-38-28(36)24(15-16-26(34)31-23-13-6-3-7-14-23)32-27(35)25(18-20-9-4-2-5-10-20)33-29(37)39-19-21-11-8-12-22(30)17-21/h3,6-8,11-14,17,20,24-25H,2,4-5,9-10,15-16,18-19H2,1H3,(H,31,34)(H,32,35)(H,33,37)/t24-,25-/m0/s1. The van der Waals surface area contributed by atoms with Gasteiger partial charge in [0.2, 0.25) is 11.8 Å². The first-order valence-electron chi connectivity index (χ1n) is 13.2. The molecule has 0 saturated heterocycles. The number of hydrogen-bond acceptors (Lipinski definition) is 6. The summed E-state index contributed by atoms with van der Waals surface area (Å²) in [5.41, 5.74) is 1.35. The fraction of sp³-hybridized carbons (Fsp3) is 0.448. The molecule has 2 aromatic carbocycles. The monoisotopic (exact) mass is 557 g/mol. The maximum absolute atomic E-state index is 13.3. The lowest BCUT2D eigenvalue weighted by molar-refractivity contribution is -0.145. The van der Waals surface area contributed by atoms with Crippen molar-refractivity contribution in [3.05, 3.63) is 65.2 Å². The number of esters is 1. The lowest BCUT2D eigenvalue weighted by atomic mass is 9.84. The van der Waals surface area contributed by atoms with Gasteiger partial charge in [0.15, 0.2) is 0 Å². The minimum absolute atomic E-state index is 0.00846. The number of ether oxygens (including phenoxy) is 2. The topological polar surface area (TPSA) is 123 Å². The van der Waals surface area contributed by atoms with Crippen LogP contribution in [0.4, 0.5) is 10.5 Å². The van der Waals surface area contributed by atoms with E-state index in [1.165, 1.54) is 7.11 Å². The van der Waals surface area contributed by atoms with Crippen molar-refractivity contribution in [1.29, 1.82) is 0 Å². The molecule has 1 aliphatic rings. The van der Waals surface area contributed by atoms with Gasteiger partial charge in [-0.2, -0.15) is 0 Å². The molecule has 3 amide bonds. The molecule has 210 valence electrons. The van der Waals surface area contributed by atoms with Crippen LogP contribution in [0.5, 0.6) is 0 Å². The molecule has 0 radical (unpaired) electrons. The van der Waals surface area contributed by atoms with E-state index in [1.807, 2.05) is 6.07 Å². The number of methoxy groups -OCH3 is 1. The van der Waals surface area contributed by atoms with Gasteiger partial charge in [0.25, 0.3) is 0 Å². The maximum Gasteiger partial charge on any atom is 0.408 e. The van der Waals surface area contributed by atoms with Crippen LogP contribution in [-0.2, 0) is 30.5 Å². The SMILES string of the molecule is COC(=O)[C@H](CCC(=O)Nc1ccccc1)NC(=O)[C@H](CC1CCCCC1)NC(=O)OCc1cccc(Cl)c1. The van der Waals surface area contributed by atoms with Crippen LogP contribution in [-0.4, -0.2) is 43.1 Å². The van der Waals surface area contributed by atoms with Gasteiger partial charge >= 0.3 is 12.1 Å². The minimum Gasteiger partial charge on any atom is -0.467 e. The first kappa shape index (κ1) is 30.0. The van der Waals surface area contributed by atoms with E-state index in [1.54, 1.807) is 48.5 Å². The molecular formula is C29H36ClN3O6. The summed E-state index contributed by atoms with van der Waals surface area (Å²) in [7, 11) is 1.22. The number of hydrogen-bond donors (Lipinski definition) is 3. The van der Waals surface area contributed by atoms with E-state index in [0.717, 1.165) is 32.1 Å². The van der Waals surface area contributed by atoms with Crippen LogP contribution in [0.3, 0.4) is 0 Å². The number of rotatable bonds is 12. The first-order valence-corrected chi connectivity index (χ1v) is 13.6. The van der Waals surface area contributed by atoms with Gasteiger partial charge in [-0.25, -0.2) is 9.59 Å². The van der Waals surface area contributed by atoms with Crippen LogP contribution in [0.1, 0.15) is 56.9 Å². The highest BCUT2D eigenvalue weighted by atomic mass is 35.5. The zero-order valence-corrected chi connectivity index (χ0v) is 22.9. The molecule has 2 aromatic rings. The molecule has 1 aliphatic carbocycles. The molecule has 0 aromatic heterocycles. The summed E-state index contributed by atoms with van der Waals surface area (Å²) in [5.74, 6) is -1.24. The quantitative estimate of drug-likeness (QED) is 0.316. The van der Waals surface area contributed by atoms with Gasteiger partial charge in [0.05, 0.1) is 7.11 Å². The van der Waals surface area contributed by atoms with E-state index < -0.39 is 30.1 Å². The van der Waals surface area contributed by atoms with Gasteiger partial charge in [-0.05, 0) is 48.6 Å². The van der Waals surface area contributed by atoms with Crippen LogP contribution in [0.15, 0.2) is 54.6 Å². The Morgan fingerprint density at radius 2 is 1.69 bits per heavy atom. The van der Waals surface area contributed by atoms with E-state index in [4.69, 9.17) is 21.1 Å². The summed E-state index contributed by atoms with van der Waals surface area (Å²) >= 11 is 5.99. The summed E-state index contributed by atoms with van der Waals surface area (Å²) in [4.78, 5) is 50.8. The molecule has 0 unspecified atom stereocenters. The molecule has 2 atom stereocenters. The third kappa shape index (κ3) is 10.6. The molecule has 10 heteroatoms.